The van der Waals surface area contributed by atoms with Gasteiger partial charge in [-0.2, -0.15) is 5.10 Å². The highest BCUT2D eigenvalue weighted by Gasteiger charge is 2.35. The van der Waals surface area contributed by atoms with E-state index in [-0.39, 0.29) is 5.91 Å². The third-order valence-corrected chi connectivity index (χ3v) is 4.21. The van der Waals surface area contributed by atoms with Crippen molar-refractivity contribution in [3.8, 4) is 0 Å². The lowest BCUT2D eigenvalue weighted by atomic mass is 10.1. The lowest BCUT2D eigenvalue weighted by molar-refractivity contribution is -0.112. The number of morpholine rings is 1. The van der Waals surface area contributed by atoms with E-state index in [1.807, 2.05) is 25.1 Å². The molecule has 0 unspecified atom stereocenters. The number of carbonyl (C=O) groups excluding carboxylic acids is 1. The van der Waals surface area contributed by atoms with E-state index >= 15 is 0 Å². The highest BCUT2D eigenvalue weighted by Crippen LogP contribution is 2.30. The number of benzene rings is 1. The number of aromatic nitrogens is 3. The number of nitrogens with zero attached hydrogens (tertiary/aromatic N) is 6. The molecule has 4 rings (SSSR count). The van der Waals surface area contributed by atoms with Crippen LogP contribution >= 0.6 is 0 Å². The number of aryl methyl sites for hydroxylation is 1. The molecule has 3 heterocycles. The fourth-order valence-corrected chi connectivity index (χ4v) is 2.97. The fraction of sp³-hybridized carbons (Fsp3) is 0.375. The summed E-state index contributed by atoms with van der Waals surface area (Å²) in [7, 11) is 0. The minimum atomic E-state index is -0.101. The van der Waals surface area contributed by atoms with E-state index in [4.69, 9.17) is 4.74 Å². The number of ether oxygens (including phenoxy) is 1. The van der Waals surface area contributed by atoms with Gasteiger partial charge in [0.2, 0.25) is 0 Å². The van der Waals surface area contributed by atoms with Gasteiger partial charge in [0.05, 0.1) is 25.6 Å². The van der Waals surface area contributed by atoms with E-state index in [1.54, 1.807) is 4.90 Å². The van der Waals surface area contributed by atoms with Crippen molar-refractivity contribution in [3.05, 3.63) is 42.0 Å². The minimum Gasteiger partial charge on any atom is -0.379 e. The minimum absolute atomic E-state index is 0.101. The molecular formula is C16H18N6O2. The largest absolute Gasteiger partial charge is 0.379 e. The molecule has 1 aromatic heterocycles. The van der Waals surface area contributed by atoms with Crippen LogP contribution in [0.5, 0.6) is 0 Å². The Labute approximate surface area is 139 Å². The lowest BCUT2D eigenvalue weighted by Crippen LogP contribution is -2.46. The Bertz CT molecular complexity index is 780. The third kappa shape index (κ3) is 2.70. The standard InChI is InChI=1S/C16H18N6O2/c1-12-2-3-14-13(8-12)15(19-21-9-17-18-10-21)16(23)22(14)11-20-4-6-24-7-5-20/h2-3,8-10H,4-7,11H2,1H3/b19-15+. The highest BCUT2D eigenvalue weighted by molar-refractivity contribution is 6.54. The van der Waals surface area contributed by atoms with Crippen LogP contribution < -0.4 is 4.90 Å². The Morgan fingerprint density at radius 2 is 1.96 bits per heavy atom. The van der Waals surface area contributed by atoms with Crippen LogP contribution in [0.1, 0.15) is 11.1 Å². The normalized spacial score (nSPS) is 20.0. The van der Waals surface area contributed by atoms with Crippen molar-refractivity contribution in [2.45, 2.75) is 6.92 Å². The molecule has 1 aromatic carbocycles. The van der Waals surface area contributed by atoms with Gasteiger partial charge in [0.1, 0.15) is 12.7 Å². The summed E-state index contributed by atoms with van der Waals surface area (Å²) in [5.74, 6) is -0.101. The van der Waals surface area contributed by atoms with Gasteiger partial charge in [0.15, 0.2) is 5.71 Å². The van der Waals surface area contributed by atoms with E-state index in [0.29, 0.717) is 25.6 Å². The van der Waals surface area contributed by atoms with Crippen LogP contribution in [-0.4, -0.2) is 64.4 Å². The van der Waals surface area contributed by atoms with Crippen LogP contribution in [0.15, 0.2) is 36.0 Å². The molecule has 1 saturated heterocycles. The number of anilines is 1. The summed E-state index contributed by atoms with van der Waals surface area (Å²) in [6, 6.07) is 5.99. The average molecular weight is 326 g/mol. The molecule has 0 N–H and O–H groups in total. The predicted molar refractivity (Wildman–Crippen MR) is 87.9 cm³/mol. The molecule has 0 atom stereocenters. The first-order valence-electron chi connectivity index (χ1n) is 7.89. The van der Waals surface area contributed by atoms with Gasteiger partial charge in [0.25, 0.3) is 5.91 Å². The zero-order valence-corrected chi connectivity index (χ0v) is 13.4. The maximum Gasteiger partial charge on any atom is 0.280 e. The number of amides is 1. The van der Waals surface area contributed by atoms with E-state index < -0.39 is 0 Å². The second-order valence-electron chi connectivity index (χ2n) is 5.92. The highest BCUT2D eigenvalue weighted by atomic mass is 16.5. The third-order valence-electron chi connectivity index (χ3n) is 4.21. The molecule has 0 saturated carbocycles. The second-order valence-corrected chi connectivity index (χ2v) is 5.92. The first-order chi connectivity index (χ1) is 11.7. The molecule has 2 aliphatic heterocycles. The van der Waals surface area contributed by atoms with E-state index in [0.717, 1.165) is 29.9 Å². The Balaban J connectivity index is 1.70. The Kier molecular flexibility index (Phi) is 3.83. The maximum atomic E-state index is 13.0. The lowest BCUT2D eigenvalue weighted by Gasteiger charge is -2.30. The van der Waals surface area contributed by atoms with Gasteiger partial charge in [-0.25, -0.2) is 4.68 Å². The average Bonchev–Trinajstić information content (AvgIpc) is 3.19. The van der Waals surface area contributed by atoms with Crippen molar-refractivity contribution in [2.75, 3.05) is 37.9 Å². The zero-order chi connectivity index (χ0) is 16.5. The second kappa shape index (κ2) is 6.14. The van der Waals surface area contributed by atoms with Crippen LogP contribution in [0.4, 0.5) is 5.69 Å². The predicted octanol–water partition coefficient (Wildman–Crippen LogP) is 0.475. The molecule has 124 valence electrons. The molecule has 8 heteroatoms. The number of rotatable bonds is 3. The van der Waals surface area contributed by atoms with Gasteiger partial charge < -0.3 is 4.74 Å². The van der Waals surface area contributed by atoms with Crippen LogP contribution in [0, 0.1) is 6.92 Å². The van der Waals surface area contributed by atoms with Crippen LogP contribution in [0.2, 0.25) is 0 Å². The molecule has 0 bridgehead atoms. The van der Waals surface area contributed by atoms with Crippen LogP contribution in [0.3, 0.4) is 0 Å². The molecule has 0 aliphatic carbocycles. The molecular weight excluding hydrogens is 308 g/mol. The first-order valence-corrected chi connectivity index (χ1v) is 7.89. The Morgan fingerprint density at radius 1 is 1.21 bits per heavy atom. The first kappa shape index (κ1) is 15.0. The molecule has 0 spiro atoms. The van der Waals surface area contributed by atoms with Gasteiger partial charge in [-0.05, 0) is 19.1 Å². The van der Waals surface area contributed by atoms with Crippen molar-refractivity contribution in [1.82, 2.24) is 19.8 Å². The van der Waals surface area contributed by atoms with Gasteiger partial charge in [-0.15, -0.1) is 10.2 Å². The van der Waals surface area contributed by atoms with Crippen molar-refractivity contribution in [3.63, 3.8) is 0 Å². The topological polar surface area (TPSA) is 75.9 Å². The molecule has 0 radical (unpaired) electrons. The number of fused-ring (bicyclic) bond motifs is 1. The summed E-state index contributed by atoms with van der Waals surface area (Å²) in [5, 5.41) is 11.9. The van der Waals surface area contributed by atoms with Crippen LogP contribution in [-0.2, 0) is 9.53 Å². The molecule has 2 aromatic rings. The van der Waals surface area contributed by atoms with Gasteiger partial charge >= 0.3 is 0 Å². The van der Waals surface area contributed by atoms with E-state index in [9.17, 15) is 4.79 Å². The van der Waals surface area contributed by atoms with Crippen LogP contribution in [0.25, 0.3) is 0 Å². The fourth-order valence-electron chi connectivity index (χ4n) is 2.97. The summed E-state index contributed by atoms with van der Waals surface area (Å²) in [6.45, 7) is 5.59. The van der Waals surface area contributed by atoms with E-state index in [1.165, 1.54) is 17.3 Å². The van der Waals surface area contributed by atoms with Gasteiger partial charge in [-0.3, -0.25) is 14.6 Å². The number of carbonyl (C=O) groups is 1. The molecule has 2 aliphatic rings. The summed E-state index contributed by atoms with van der Waals surface area (Å²) in [6.07, 6.45) is 2.95. The molecule has 1 amide bonds. The SMILES string of the molecule is Cc1ccc2c(c1)/C(=N\n1cnnc1)C(=O)N2CN1CCOCC1. The smallest absolute Gasteiger partial charge is 0.280 e. The van der Waals surface area contributed by atoms with E-state index in [2.05, 4.69) is 20.2 Å². The maximum absolute atomic E-state index is 13.0. The summed E-state index contributed by atoms with van der Waals surface area (Å²) >= 11 is 0. The van der Waals surface area contributed by atoms with Gasteiger partial charge in [0, 0.05) is 18.7 Å². The van der Waals surface area contributed by atoms with Gasteiger partial charge in [-0.1, -0.05) is 11.6 Å². The summed E-state index contributed by atoms with van der Waals surface area (Å²) < 4.78 is 6.84. The van der Waals surface area contributed by atoms with Crippen molar-refractivity contribution in [1.29, 1.82) is 0 Å². The molecule has 1 fully saturated rings. The Hall–Kier alpha value is -2.58. The molecule has 24 heavy (non-hydrogen) atoms. The van der Waals surface area contributed by atoms with Crippen molar-refractivity contribution >= 4 is 17.3 Å². The zero-order valence-electron chi connectivity index (χ0n) is 13.4. The summed E-state index contributed by atoms with van der Waals surface area (Å²) in [4.78, 5) is 17.0. The number of hydrogen-bond acceptors (Lipinski definition) is 6. The summed E-state index contributed by atoms with van der Waals surface area (Å²) in [5.41, 5.74) is 3.25. The number of hydrogen-bond donors (Lipinski definition) is 0. The van der Waals surface area contributed by atoms with Crippen molar-refractivity contribution in [2.24, 2.45) is 5.10 Å². The molecule has 8 nitrogen and oxygen atoms in total. The van der Waals surface area contributed by atoms with Crippen molar-refractivity contribution < 1.29 is 9.53 Å². The quantitative estimate of drug-likeness (QED) is 0.820. The monoisotopic (exact) mass is 326 g/mol. The Morgan fingerprint density at radius 3 is 2.71 bits per heavy atom.